The maximum Gasteiger partial charge on any atom is 0.225 e. The maximum atomic E-state index is 13.8. The number of rotatable bonds is 2. The van der Waals surface area contributed by atoms with Crippen LogP contribution in [0.25, 0.3) is 0 Å². The van der Waals surface area contributed by atoms with Gasteiger partial charge in [-0.2, -0.15) is 0 Å². The molecule has 2 heterocycles. The molecule has 110 valence electrons. The number of nitrogens with zero attached hydrogens (tertiary/aromatic N) is 4. The standard InChI is InChI=1S/C15H23FN4/c1-11-10-12(2)18-15(17-11)20-8-6-19(7-9-20)14-5-3-4-13(14)16/h10,13-14H,3-9H2,1-2H3. The smallest absolute Gasteiger partial charge is 0.225 e. The lowest BCUT2D eigenvalue weighted by atomic mass is 10.1. The summed E-state index contributed by atoms with van der Waals surface area (Å²) in [6, 6.07) is 2.14. The summed E-state index contributed by atoms with van der Waals surface area (Å²) in [6.45, 7) is 7.63. The molecule has 0 aromatic carbocycles. The average Bonchev–Trinajstić information content (AvgIpc) is 2.84. The maximum absolute atomic E-state index is 13.8. The van der Waals surface area contributed by atoms with E-state index in [0.717, 1.165) is 62.8 Å². The van der Waals surface area contributed by atoms with Gasteiger partial charge in [-0.05, 0) is 39.2 Å². The van der Waals surface area contributed by atoms with Gasteiger partial charge in [0.05, 0.1) is 0 Å². The van der Waals surface area contributed by atoms with E-state index in [4.69, 9.17) is 0 Å². The third-order valence-electron chi connectivity index (χ3n) is 4.43. The number of hydrogen-bond donors (Lipinski definition) is 0. The molecule has 2 aliphatic rings. The monoisotopic (exact) mass is 278 g/mol. The fourth-order valence-electron chi connectivity index (χ4n) is 3.41. The summed E-state index contributed by atoms with van der Waals surface area (Å²) in [5.41, 5.74) is 2.02. The Morgan fingerprint density at radius 3 is 2.25 bits per heavy atom. The van der Waals surface area contributed by atoms with Crippen molar-refractivity contribution in [2.24, 2.45) is 0 Å². The summed E-state index contributed by atoms with van der Waals surface area (Å²) < 4.78 is 13.8. The first kappa shape index (κ1) is 13.7. The van der Waals surface area contributed by atoms with Crippen LogP contribution in [0, 0.1) is 13.8 Å². The average molecular weight is 278 g/mol. The molecule has 1 aliphatic carbocycles. The number of aromatic nitrogens is 2. The molecule has 4 nitrogen and oxygen atoms in total. The Bertz CT molecular complexity index is 451. The third-order valence-corrected chi connectivity index (χ3v) is 4.43. The summed E-state index contributed by atoms with van der Waals surface area (Å²) in [4.78, 5) is 13.6. The van der Waals surface area contributed by atoms with Crippen molar-refractivity contribution >= 4 is 5.95 Å². The zero-order valence-electron chi connectivity index (χ0n) is 12.3. The van der Waals surface area contributed by atoms with Gasteiger partial charge in [-0.3, -0.25) is 4.90 Å². The first-order valence-corrected chi connectivity index (χ1v) is 7.59. The number of piperazine rings is 1. The molecule has 5 heteroatoms. The largest absolute Gasteiger partial charge is 0.338 e. The Balaban J connectivity index is 1.63. The molecule has 0 N–H and O–H groups in total. The van der Waals surface area contributed by atoms with Gasteiger partial charge >= 0.3 is 0 Å². The van der Waals surface area contributed by atoms with Crippen molar-refractivity contribution in [2.75, 3.05) is 31.1 Å². The molecule has 0 radical (unpaired) electrons. The Morgan fingerprint density at radius 2 is 1.70 bits per heavy atom. The molecule has 1 saturated carbocycles. The van der Waals surface area contributed by atoms with Crippen LogP contribution in [0.15, 0.2) is 6.07 Å². The van der Waals surface area contributed by atoms with E-state index in [1.807, 2.05) is 19.9 Å². The number of aryl methyl sites for hydroxylation is 2. The van der Waals surface area contributed by atoms with Crippen molar-refractivity contribution in [1.29, 1.82) is 0 Å². The zero-order valence-corrected chi connectivity index (χ0v) is 12.3. The van der Waals surface area contributed by atoms with Gasteiger partial charge in [-0.25, -0.2) is 14.4 Å². The van der Waals surface area contributed by atoms with E-state index in [1.165, 1.54) is 0 Å². The van der Waals surface area contributed by atoms with Crippen molar-refractivity contribution < 1.29 is 4.39 Å². The molecule has 2 unspecified atom stereocenters. The van der Waals surface area contributed by atoms with Crippen LogP contribution >= 0.6 is 0 Å². The van der Waals surface area contributed by atoms with E-state index < -0.39 is 6.17 Å². The van der Waals surface area contributed by atoms with Gasteiger partial charge in [-0.1, -0.05) is 0 Å². The van der Waals surface area contributed by atoms with E-state index >= 15 is 0 Å². The van der Waals surface area contributed by atoms with Crippen molar-refractivity contribution in [3.05, 3.63) is 17.5 Å². The van der Waals surface area contributed by atoms with Crippen LogP contribution in [-0.4, -0.2) is 53.3 Å². The van der Waals surface area contributed by atoms with Crippen LogP contribution < -0.4 is 4.90 Å². The summed E-state index contributed by atoms with van der Waals surface area (Å²) in [5.74, 6) is 0.824. The topological polar surface area (TPSA) is 32.3 Å². The highest BCUT2D eigenvalue weighted by molar-refractivity contribution is 5.33. The second-order valence-electron chi connectivity index (χ2n) is 5.99. The van der Waals surface area contributed by atoms with Gasteiger partial charge in [0, 0.05) is 43.6 Å². The van der Waals surface area contributed by atoms with E-state index in [9.17, 15) is 4.39 Å². The molecule has 0 spiro atoms. The number of anilines is 1. The predicted molar refractivity (Wildman–Crippen MR) is 77.8 cm³/mol. The normalized spacial score (nSPS) is 28.1. The van der Waals surface area contributed by atoms with Gasteiger partial charge < -0.3 is 4.90 Å². The Kier molecular flexibility index (Phi) is 3.87. The predicted octanol–water partition coefficient (Wildman–Crippen LogP) is 2.11. The molecular formula is C15H23FN4. The lowest BCUT2D eigenvalue weighted by Crippen LogP contribution is -2.52. The number of alkyl halides is 1. The lowest BCUT2D eigenvalue weighted by Gasteiger charge is -2.38. The minimum Gasteiger partial charge on any atom is -0.338 e. The summed E-state index contributed by atoms with van der Waals surface area (Å²) in [6.07, 6.45) is 2.16. The molecule has 20 heavy (non-hydrogen) atoms. The summed E-state index contributed by atoms with van der Waals surface area (Å²) in [5, 5.41) is 0. The van der Waals surface area contributed by atoms with E-state index in [0.29, 0.717) is 0 Å². The highest BCUT2D eigenvalue weighted by Crippen LogP contribution is 2.28. The van der Waals surface area contributed by atoms with Crippen molar-refractivity contribution in [3.8, 4) is 0 Å². The highest BCUT2D eigenvalue weighted by Gasteiger charge is 2.34. The second-order valence-corrected chi connectivity index (χ2v) is 5.99. The molecule has 1 aromatic heterocycles. The molecule has 0 amide bonds. The van der Waals surface area contributed by atoms with E-state index in [-0.39, 0.29) is 6.04 Å². The summed E-state index contributed by atoms with van der Waals surface area (Å²) in [7, 11) is 0. The zero-order chi connectivity index (χ0) is 14.1. The number of halogens is 1. The molecule has 2 fully saturated rings. The molecule has 0 bridgehead atoms. The van der Waals surface area contributed by atoms with Crippen LogP contribution in [0.2, 0.25) is 0 Å². The number of hydrogen-bond acceptors (Lipinski definition) is 4. The molecule has 2 atom stereocenters. The Labute approximate surface area is 120 Å². The van der Waals surface area contributed by atoms with Crippen LogP contribution in [0.5, 0.6) is 0 Å². The van der Waals surface area contributed by atoms with Gasteiger partial charge in [0.2, 0.25) is 5.95 Å². The van der Waals surface area contributed by atoms with Gasteiger partial charge in [-0.15, -0.1) is 0 Å². The van der Waals surface area contributed by atoms with Crippen LogP contribution in [0.3, 0.4) is 0 Å². The highest BCUT2D eigenvalue weighted by atomic mass is 19.1. The fourth-order valence-corrected chi connectivity index (χ4v) is 3.41. The third kappa shape index (κ3) is 2.77. The Hall–Kier alpha value is -1.23. The quantitative estimate of drug-likeness (QED) is 0.829. The first-order valence-electron chi connectivity index (χ1n) is 7.59. The Morgan fingerprint density at radius 1 is 1.05 bits per heavy atom. The lowest BCUT2D eigenvalue weighted by molar-refractivity contribution is 0.124. The summed E-state index contributed by atoms with van der Waals surface area (Å²) >= 11 is 0. The molecule has 1 aromatic rings. The van der Waals surface area contributed by atoms with Gasteiger partial charge in [0.15, 0.2) is 0 Å². The van der Waals surface area contributed by atoms with Crippen molar-refractivity contribution in [3.63, 3.8) is 0 Å². The second kappa shape index (κ2) is 5.64. The van der Waals surface area contributed by atoms with Crippen molar-refractivity contribution in [1.82, 2.24) is 14.9 Å². The molecule has 1 saturated heterocycles. The minimum absolute atomic E-state index is 0.150. The minimum atomic E-state index is -0.626. The molecule has 3 rings (SSSR count). The first-order chi connectivity index (χ1) is 9.63. The molecular weight excluding hydrogens is 255 g/mol. The van der Waals surface area contributed by atoms with Crippen LogP contribution in [0.1, 0.15) is 30.7 Å². The molecule has 1 aliphatic heterocycles. The van der Waals surface area contributed by atoms with Gasteiger partial charge in [0.25, 0.3) is 0 Å². The van der Waals surface area contributed by atoms with Gasteiger partial charge in [0.1, 0.15) is 6.17 Å². The van der Waals surface area contributed by atoms with Crippen LogP contribution in [-0.2, 0) is 0 Å². The van der Waals surface area contributed by atoms with E-state index in [2.05, 4.69) is 19.8 Å². The van der Waals surface area contributed by atoms with Crippen LogP contribution in [0.4, 0.5) is 10.3 Å². The van der Waals surface area contributed by atoms with Crippen molar-refractivity contribution in [2.45, 2.75) is 45.3 Å². The van der Waals surface area contributed by atoms with E-state index in [1.54, 1.807) is 0 Å². The SMILES string of the molecule is Cc1cc(C)nc(N2CCN(C3CCCC3F)CC2)n1. The fraction of sp³-hybridized carbons (Fsp3) is 0.733.